The Morgan fingerprint density at radius 2 is 1.50 bits per heavy atom. The Labute approximate surface area is 131 Å². The highest BCUT2D eigenvalue weighted by Crippen LogP contribution is 2.31. The van der Waals surface area contributed by atoms with Gasteiger partial charge in [-0.3, -0.25) is 0 Å². The Kier molecular flexibility index (Phi) is 4.31. The lowest BCUT2D eigenvalue weighted by Crippen LogP contribution is -2.03. The first-order chi connectivity index (χ1) is 8.41. The van der Waals surface area contributed by atoms with Gasteiger partial charge in [0, 0.05) is 13.4 Å². The molecule has 0 heterocycles. The topological polar surface area (TPSA) is 34.1 Å². The van der Waals surface area contributed by atoms with Crippen molar-refractivity contribution < 1.29 is 8.42 Å². The van der Waals surface area contributed by atoms with Gasteiger partial charge < -0.3 is 0 Å². The molecule has 18 heavy (non-hydrogen) atoms. The van der Waals surface area contributed by atoms with Gasteiger partial charge >= 0.3 is 0 Å². The van der Waals surface area contributed by atoms with E-state index in [0.29, 0.717) is 4.47 Å². The maximum Gasteiger partial charge on any atom is 0.207 e. The Hall–Kier alpha value is -0.170. The van der Waals surface area contributed by atoms with Crippen molar-refractivity contribution in [3.63, 3.8) is 0 Å². The minimum atomic E-state index is -3.52. The summed E-state index contributed by atoms with van der Waals surface area (Å²) in [6, 6.07) is 11.7. The van der Waals surface area contributed by atoms with E-state index in [4.69, 9.17) is 0 Å². The summed E-state index contributed by atoms with van der Waals surface area (Å²) in [5.41, 5.74) is 0. The van der Waals surface area contributed by atoms with E-state index in [-0.39, 0.29) is 9.79 Å². The predicted molar refractivity (Wildman–Crippen MR) is 81.4 cm³/mol. The number of hydrogen-bond donors (Lipinski definition) is 0. The molecular formula is C12H7Br3O2S. The summed E-state index contributed by atoms with van der Waals surface area (Å²) in [5.74, 6) is 0. The fourth-order valence-electron chi connectivity index (χ4n) is 1.44. The van der Waals surface area contributed by atoms with Crippen LogP contribution in [0.3, 0.4) is 0 Å². The molecule has 2 aromatic rings. The summed E-state index contributed by atoms with van der Waals surface area (Å²) >= 11 is 9.83. The first-order valence-electron chi connectivity index (χ1n) is 4.87. The zero-order chi connectivity index (χ0) is 13.3. The molecular weight excluding hydrogens is 448 g/mol. The van der Waals surface area contributed by atoms with Gasteiger partial charge in [0.25, 0.3) is 0 Å². The van der Waals surface area contributed by atoms with Crippen molar-refractivity contribution in [1.29, 1.82) is 0 Å². The van der Waals surface area contributed by atoms with E-state index >= 15 is 0 Å². The maximum atomic E-state index is 12.5. The average Bonchev–Trinajstić information content (AvgIpc) is 2.32. The van der Waals surface area contributed by atoms with E-state index in [2.05, 4.69) is 47.8 Å². The molecule has 2 rings (SSSR count). The molecule has 0 saturated carbocycles. The standard InChI is InChI=1S/C12H7Br3O2S/c13-8-2-1-3-10(6-8)18(16,17)12-7-9(14)4-5-11(12)15/h1-7H. The monoisotopic (exact) mass is 452 g/mol. The van der Waals surface area contributed by atoms with Crippen LogP contribution in [0.1, 0.15) is 0 Å². The number of hydrogen-bond acceptors (Lipinski definition) is 2. The van der Waals surface area contributed by atoms with Crippen LogP contribution in [0.15, 0.2) is 65.7 Å². The molecule has 94 valence electrons. The quantitative estimate of drug-likeness (QED) is 0.652. The fourth-order valence-corrected chi connectivity index (χ4v) is 4.79. The Balaban J connectivity index is 2.65. The number of halogens is 3. The lowest BCUT2D eigenvalue weighted by Gasteiger charge is -2.07. The van der Waals surface area contributed by atoms with E-state index in [1.807, 2.05) is 0 Å². The molecule has 0 saturated heterocycles. The van der Waals surface area contributed by atoms with Gasteiger partial charge in [-0.05, 0) is 52.3 Å². The molecule has 2 aromatic carbocycles. The van der Waals surface area contributed by atoms with Crippen LogP contribution in [-0.4, -0.2) is 8.42 Å². The zero-order valence-corrected chi connectivity index (χ0v) is 14.5. The molecule has 0 aromatic heterocycles. The molecule has 0 fully saturated rings. The van der Waals surface area contributed by atoms with E-state index in [1.165, 1.54) is 0 Å². The molecule has 2 nitrogen and oxygen atoms in total. The van der Waals surface area contributed by atoms with Crippen molar-refractivity contribution in [2.24, 2.45) is 0 Å². The molecule has 0 spiro atoms. The van der Waals surface area contributed by atoms with Gasteiger partial charge in [-0.1, -0.05) is 37.9 Å². The lowest BCUT2D eigenvalue weighted by atomic mass is 10.4. The third-order valence-corrected chi connectivity index (χ3v) is 6.02. The zero-order valence-electron chi connectivity index (χ0n) is 8.90. The van der Waals surface area contributed by atoms with E-state index in [0.717, 1.165) is 8.95 Å². The van der Waals surface area contributed by atoms with Gasteiger partial charge in [-0.25, -0.2) is 8.42 Å². The van der Waals surface area contributed by atoms with Crippen molar-refractivity contribution in [2.75, 3.05) is 0 Å². The molecule has 0 radical (unpaired) electrons. The molecule has 0 aliphatic heterocycles. The second kappa shape index (κ2) is 5.45. The third-order valence-electron chi connectivity index (χ3n) is 2.29. The second-order valence-electron chi connectivity index (χ2n) is 3.54. The highest BCUT2D eigenvalue weighted by atomic mass is 79.9. The van der Waals surface area contributed by atoms with Crippen LogP contribution in [0.2, 0.25) is 0 Å². The molecule has 0 atom stereocenters. The first-order valence-corrected chi connectivity index (χ1v) is 8.73. The van der Waals surface area contributed by atoms with Gasteiger partial charge in [0.1, 0.15) is 0 Å². The number of benzene rings is 2. The number of sulfone groups is 1. The number of rotatable bonds is 2. The van der Waals surface area contributed by atoms with Crippen molar-refractivity contribution in [3.05, 3.63) is 55.9 Å². The summed E-state index contributed by atoms with van der Waals surface area (Å²) in [6.45, 7) is 0. The van der Waals surface area contributed by atoms with E-state index < -0.39 is 9.84 Å². The molecule has 0 bridgehead atoms. The van der Waals surface area contributed by atoms with Crippen LogP contribution in [0.5, 0.6) is 0 Å². The summed E-state index contributed by atoms with van der Waals surface area (Å²) in [5, 5.41) is 0. The van der Waals surface area contributed by atoms with Crippen LogP contribution in [0, 0.1) is 0 Å². The third kappa shape index (κ3) is 2.87. The SMILES string of the molecule is O=S(=O)(c1cccc(Br)c1)c1cc(Br)ccc1Br. The molecule has 0 aliphatic rings. The highest BCUT2D eigenvalue weighted by molar-refractivity contribution is 9.11. The van der Waals surface area contributed by atoms with Gasteiger partial charge in [0.05, 0.1) is 9.79 Å². The molecule has 6 heteroatoms. The smallest absolute Gasteiger partial charge is 0.207 e. The maximum absolute atomic E-state index is 12.5. The highest BCUT2D eigenvalue weighted by Gasteiger charge is 2.21. The van der Waals surface area contributed by atoms with Gasteiger partial charge in [0.15, 0.2) is 0 Å². The Morgan fingerprint density at radius 1 is 0.833 bits per heavy atom. The summed E-state index contributed by atoms with van der Waals surface area (Å²) in [6.07, 6.45) is 0. The Morgan fingerprint density at radius 3 is 2.17 bits per heavy atom. The van der Waals surface area contributed by atoms with Crippen molar-refractivity contribution in [2.45, 2.75) is 9.79 Å². The molecule has 0 unspecified atom stereocenters. The van der Waals surface area contributed by atoms with Crippen molar-refractivity contribution >= 4 is 57.6 Å². The average molecular weight is 455 g/mol. The van der Waals surface area contributed by atoms with Crippen LogP contribution < -0.4 is 0 Å². The normalized spacial score (nSPS) is 11.5. The summed E-state index contributed by atoms with van der Waals surface area (Å²) < 4.78 is 27.0. The Bertz CT molecular complexity index is 696. The van der Waals surface area contributed by atoms with Gasteiger partial charge in [0.2, 0.25) is 9.84 Å². The van der Waals surface area contributed by atoms with Crippen LogP contribution in [-0.2, 0) is 9.84 Å². The minimum Gasteiger partial charge on any atom is -0.218 e. The minimum absolute atomic E-state index is 0.245. The van der Waals surface area contributed by atoms with E-state index in [9.17, 15) is 8.42 Å². The van der Waals surface area contributed by atoms with E-state index in [1.54, 1.807) is 42.5 Å². The molecule has 0 aliphatic carbocycles. The van der Waals surface area contributed by atoms with Crippen LogP contribution >= 0.6 is 47.8 Å². The second-order valence-corrected chi connectivity index (χ2v) is 8.14. The van der Waals surface area contributed by atoms with Crippen molar-refractivity contribution in [3.8, 4) is 0 Å². The first kappa shape index (κ1) is 14.2. The molecule has 0 amide bonds. The summed E-state index contributed by atoms with van der Waals surface area (Å²) in [4.78, 5) is 0.505. The largest absolute Gasteiger partial charge is 0.218 e. The van der Waals surface area contributed by atoms with Crippen molar-refractivity contribution in [1.82, 2.24) is 0 Å². The van der Waals surface area contributed by atoms with Gasteiger partial charge in [-0.2, -0.15) is 0 Å². The molecule has 0 N–H and O–H groups in total. The fraction of sp³-hybridized carbons (Fsp3) is 0. The van der Waals surface area contributed by atoms with Gasteiger partial charge in [-0.15, -0.1) is 0 Å². The lowest BCUT2D eigenvalue weighted by molar-refractivity contribution is 0.595. The van der Waals surface area contributed by atoms with Crippen LogP contribution in [0.4, 0.5) is 0 Å². The predicted octanol–water partition coefficient (Wildman–Crippen LogP) is 4.81. The summed E-state index contributed by atoms with van der Waals surface area (Å²) in [7, 11) is -3.52. The van der Waals surface area contributed by atoms with Crippen LogP contribution in [0.25, 0.3) is 0 Å².